The average Bonchev–Trinajstić information content (AvgIpc) is 2.83. The Bertz CT molecular complexity index is 1490. The van der Waals surface area contributed by atoms with Crippen LogP contribution in [0.2, 0.25) is 5.02 Å². The fourth-order valence-electron chi connectivity index (χ4n) is 6.40. The Labute approximate surface area is 262 Å². The predicted octanol–water partition coefficient (Wildman–Crippen LogP) is 8.21. The molecule has 1 N–H and O–H groups in total. The minimum atomic E-state index is -1.01. The summed E-state index contributed by atoms with van der Waals surface area (Å²) >= 11 is 13.7. The number of Topliss-reactive ketones (excluding diaryl/α,β-unsaturated/α-hetero) is 2. The standard InChI is InChI=1S/C32H32Br2ClNO5/c1-31(2)11-22-28(24(37)13-31)27(29-23(36(22)15-26(39)40)12-32(3,4)14-25(29)38)19-9-18(33)10-20(34)30(19)41-16-17-7-5-6-8-21(17)35/h5-10,27H,11-16H2,1-4H3,(H,39,40). The van der Waals surface area contributed by atoms with Crippen LogP contribution in [0.25, 0.3) is 0 Å². The molecule has 2 aromatic rings. The molecule has 216 valence electrons. The zero-order valence-corrected chi connectivity index (χ0v) is 27.4. The molecule has 0 bridgehead atoms. The smallest absolute Gasteiger partial charge is 0.323 e. The van der Waals surface area contributed by atoms with Crippen molar-refractivity contribution >= 4 is 61.0 Å². The third-order valence-corrected chi connectivity index (χ3v) is 9.41. The Morgan fingerprint density at radius 1 is 0.976 bits per heavy atom. The SMILES string of the molecule is CC1(C)CC(=O)C2=C(C1)N(CC(=O)O)C1=C(C(=O)CC(C)(C)C1)C2c1cc(Br)cc(Br)c1OCc1ccccc1Cl. The third kappa shape index (κ3) is 5.93. The lowest BCUT2D eigenvalue weighted by atomic mass is 9.63. The second kappa shape index (κ2) is 11.0. The summed E-state index contributed by atoms with van der Waals surface area (Å²) in [7, 11) is 0. The van der Waals surface area contributed by atoms with Gasteiger partial charge in [-0.1, -0.05) is 73.4 Å². The lowest BCUT2D eigenvalue weighted by Gasteiger charge is -2.48. The highest BCUT2D eigenvalue weighted by molar-refractivity contribution is 9.11. The number of rotatable bonds is 6. The van der Waals surface area contributed by atoms with Crippen LogP contribution in [0.3, 0.4) is 0 Å². The average molecular weight is 706 g/mol. The first-order valence-electron chi connectivity index (χ1n) is 13.5. The number of carbonyl (C=O) groups is 3. The van der Waals surface area contributed by atoms with Gasteiger partial charge in [-0.3, -0.25) is 14.4 Å². The molecule has 0 fully saturated rings. The molecule has 6 nitrogen and oxygen atoms in total. The summed E-state index contributed by atoms with van der Waals surface area (Å²) in [6.07, 6.45) is 1.65. The fraction of sp³-hybridized carbons (Fsp3) is 0.406. The van der Waals surface area contributed by atoms with Crippen molar-refractivity contribution in [3.05, 3.63) is 84.0 Å². The molecule has 0 unspecified atom stereocenters. The second-order valence-electron chi connectivity index (χ2n) is 12.7. The molecular weight excluding hydrogens is 674 g/mol. The quantitative estimate of drug-likeness (QED) is 0.326. The molecule has 0 amide bonds. The summed E-state index contributed by atoms with van der Waals surface area (Å²) in [6, 6.07) is 11.2. The van der Waals surface area contributed by atoms with Crippen molar-refractivity contribution in [1.82, 2.24) is 4.90 Å². The van der Waals surface area contributed by atoms with Crippen molar-refractivity contribution < 1.29 is 24.2 Å². The van der Waals surface area contributed by atoms with Gasteiger partial charge in [0, 0.05) is 61.9 Å². The first kappa shape index (κ1) is 30.1. The van der Waals surface area contributed by atoms with Crippen molar-refractivity contribution in [2.75, 3.05) is 6.54 Å². The highest BCUT2D eigenvalue weighted by Crippen LogP contribution is 2.56. The molecule has 0 spiro atoms. The maximum Gasteiger partial charge on any atom is 0.323 e. The van der Waals surface area contributed by atoms with Gasteiger partial charge in [0.2, 0.25) is 0 Å². The molecule has 0 aromatic heterocycles. The van der Waals surface area contributed by atoms with Crippen LogP contribution < -0.4 is 4.74 Å². The fourth-order valence-corrected chi connectivity index (χ4v) is 7.96. The van der Waals surface area contributed by atoms with Crippen molar-refractivity contribution in [1.29, 1.82) is 0 Å². The van der Waals surface area contributed by atoms with Gasteiger partial charge in [-0.05, 0) is 57.8 Å². The molecule has 0 atom stereocenters. The van der Waals surface area contributed by atoms with Crippen molar-refractivity contribution in [3.8, 4) is 5.75 Å². The van der Waals surface area contributed by atoms with E-state index in [0.717, 1.165) is 10.0 Å². The third-order valence-electron chi connectivity index (χ3n) is 7.99. The first-order valence-corrected chi connectivity index (χ1v) is 15.5. The van der Waals surface area contributed by atoms with E-state index in [4.69, 9.17) is 16.3 Å². The van der Waals surface area contributed by atoms with Gasteiger partial charge >= 0.3 is 5.97 Å². The lowest BCUT2D eigenvalue weighted by Crippen LogP contribution is -2.45. The molecule has 2 aromatic carbocycles. The summed E-state index contributed by atoms with van der Waals surface area (Å²) in [6.45, 7) is 7.97. The van der Waals surface area contributed by atoms with Crippen molar-refractivity contribution in [2.45, 2.75) is 65.9 Å². The Morgan fingerprint density at radius 2 is 1.54 bits per heavy atom. The van der Waals surface area contributed by atoms with Crippen molar-refractivity contribution in [3.63, 3.8) is 0 Å². The largest absolute Gasteiger partial charge is 0.487 e. The number of halogens is 3. The Kier molecular flexibility index (Phi) is 8.07. The summed E-state index contributed by atoms with van der Waals surface area (Å²) in [5.74, 6) is -1.34. The minimum absolute atomic E-state index is 0.0750. The highest BCUT2D eigenvalue weighted by Gasteiger charge is 2.50. The van der Waals surface area contributed by atoms with E-state index in [-0.39, 0.29) is 35.5 Å². The van der Waals surface area contributed by atoms with Gasteiger partial charge in [0.25, 0.3) is 0 Å². The van der Waals surface area contributed by atoms with Crippen LogP contribution >= 0.6 is 43.5 Å². The first-order chi connectivity index (χ1) is 19.2. The van der Waals surface area contributed by atoms with Gasteiger partial charge in [-0.15, -0.1) is 0 Å². The molecule has 1 aliphatic heterocycles. The van der Waals surface area contributed by atoms with E-state index in [1.54, 1.807) is 11.0 Å². The number of carbonyl (C=O) groups excluding carboxylic acids is 2. The van der Waals surface area contributed by atoms with Gasteiger partial charge < -0.3 is 14.7 Å². The molecule has 0 saturated heterocycles. The molecule has 3 aliphatic rings. The highest BCUT2D eigenvalue weighted by atomic mass is 79.9. The monoisotopic (exact) mass is 703 g/mol. The van der Waals surface area contributed by atoms with E-state index in [1.807, 2.05) is 58.0 Å². The molecule has 0 radical (unpaired) electrons. The molecule has 0 saturated carbocycles. The molecular formula is C32H32Br2ClNO5. The maximum absolute atomic E-state index is 14.0. The van der Waals surface area contributed by atoms with Crippen LogP contribution in [-0.4, -0.2) is 34.1 Å². The number of carboxylic acids is 1. The zero-order chi connectivity index (χ0) is 29.9. The molecule has 9 heteroatoms. The summed E-state index contributed by atoms with van der Waals surface area (Å²) in [5, 5.41) is 10.5. The zero-order valence-electron chi connectivity index (χ0n) is 23.4. The van der Waals surface area contributed by atoms with E-state index in [1.165, 1.54) is 0 Å². The van der Waals surface area contributed by atoms with Gasteiger partial charge in [-0.25, -0.2) is 0 Å². The number of ether oxygens (including phenoxy) is 1. The van der Waals surface area contributed by atoms with Crippen LogP contribution in [-0.2, 0) is 21.0 Å². The number of nitrogens with zero attached hydrogens (tertiary/aromatic N) is 1. The van der Waals surface area contributed by atoms with Crippen molar-refractivity contribution in [2.24, 2.45) is 10.8 Å². The minimum Gasteiger partial charge on any atom is -0.487 e. The van der Waals surface area contributed by atoms with Gasteiger partial charge in [0.15, 0.2) is 11.6 Å². The Balaban J connectivity index is 1.76. The molecule has 2 aliphatic carbocycles. The molecule has 41 heavy (non-hydrogen) atoms. The van der Waals surface area contributed by atoms with E-state index < -0.39 is 11.9 Å². The number of hydrogen-bond donors (Lipinski definition) is 1. The van der Waals surface area contributed by atoms with Gasteiger partial charge in [0.05, 0.1) is 4.47 Å². The number of aliphatic carboxylic acids is 1. The number of hydrogen-bond acceptors (Lipinski definition) is 5. The lowest BCUT2D eigenvalue weighted by molar-refractivity contribution is -0.138. The van der Waals surface area contributed by atoms with Gasteiger partial charge in [0.1, 0.15) is 18.9 Å². The van der Waals surface area contributed by atoms with Crippen LogP contribution in [0.5, 0.6) is 5.75 Å². The Morgan fingerprint density at radius 3 is 2.07 bits per heavy atom. The van der Waals surface area contributed by atoms with Crippen LogP contribution in [0.15, 0.2) is 67.9 Å². The predicted molar refractivity (Wildman–Crippen MR) is 165 cm³/mol. The normalized spacial score (nSPS) is 20.2. The van der Waals surface area contributed by atoms with Crippen LogP contribution in [0, 0.1) is 10.8 Å². The van der Waals surface area contributed by atoms with E-state index >= 15 is 0 Å². The van der Waals surface area contributed by atoms with E-state index in [9.17, 15) is 19.5 Å². The second-order valence-corrected chi connectivity index (χ2v) is 14.9. The number of benzene rings is 2. The maximum atomic E-state index is 14.0. The molecule has 5 rings (SSSR count). The summed E-state index contributed by atoms with van der Waals surface area (Å²) in [5.41, 5.74) is 3.13. The van der Waals surface area contributed by atoms with Gasteiger partial charge in [-0.2, -0.15) is 0 Å². The topological polar surface area (TPSA) is 83.9 Å². The number of ketones is 2. The van der Waals surface area contributed by atoms with E-state index in [0.29, 0.717) is 69.0 Å². The van der Waals surface area contributed by atoms with E-state index in [2.05, 4.69) is 31.9 Å². The number of allylic oxidation sites excluding steroid dienone is 4. The molecule has 1 heterocycles. The summed E-state index contributed by atoms with van der Waals surface area (Å²) < 4.78 is 7.84. The van der Waals surface area contributed by atoms with Crippen LogP contribution in [0.4, 0.5) is 0 Å². The number of carboxylic acid groups (broad SMARTS) is 1. The van der Waals surface area contributed by atoms with Crippen LogP contribution in [0.1, 0.15) is 70.4 Å². The Hall–Kier alpha value is -2.42. The summed E-state index contributed by atoms with van der Waals surface area (Å²) in [4.78, 5) is 41.9.